The van der Waals surface area contributed by atoms with Gasteiger partial charge in [0, 0.05) is 30.9 Å². The van der Waals surface area contributed by atoms with Crippen LogP contribution in [0.5, 0.6) is 0 Å². The highest BCUT2D eigenvalue weighted by atomic mass is 35.5. The minimum absolute atomic E-state index is 0.151. The smallest absolute Gasteiger partial charge is 0.336 e. The average Bonchev–Trinajstić information content (AvgIpc) is 2.78. The minimum Gasteiger partial charge on any atom is -0.367 e. The van der Waals surface area contributed by atoms with E-state index < -0.39 is 6.03 Å². The number of amides is 3. The first-order valence-corrected chi connectivity index (χ1v) is 11.9. The topological polar surface area (TPSA) is 64.7 Å². The summed E-state index contributed by atoms with van der Waals surface area (Å²) in [5.74, 6) is 0.616. The molecular weight excluding hydrogens is 444 g/mol. The molecule has 2 unspecified atom stereocenters. The zero-order valence-electron chi connectivity index (χ0n) is 18.2. The van der Waals surface area contributed by atoms with Crippen LogP contribution in [-0.4, -0.2) is 24.5 Å². The Labute approximate surface area is 199 Å². The molecule has 2 fully saturated rings. The van der Waals surface area contributed by atoms with Gasteiger partial charge in [0.15, 0.2) is 0 Å². The average molecular weight is 473 g/mol. The van der Waals surface area contributed by atoms with Crippen molar-refractivity contribution >= 4 is 59.1 Å². The number of rotatable bonds is 4. The van der Waals surface area contributed by atoms with Crippen molar-refractivity contribution in [2.75, 3.05) is 26.4 Å². The maximum Gasteiger partial charge on any atom is 0.336 e. The molecule has 2 aromatic rings. The van der Waals surface area contributed by atoms with Gasteiger partial charge in [0.05, 0.1) is 16.4 Å². The van der Waals surface area contributed by atoms with Crippen molar-refractivity contribution in [1.82, 2.24) is 0 Å². The van der Waals surface area contributed by atoms with Crippen LogP contribution >= 0.6 is 24.4 Å². The summed E-state index contributed by atoms with van der Waals surface area (Å²) in [6.45, 7) is 2.48. The molecular formula is C24H29ClN4O2S. The largest absolute Gasteiger partial charge is 0.367 e. The fraction of sp³-hybridized carbons (Fsp3) is 0.417. The summed E-state index contributed by atoms with van der Waals surface area (Å²) in [6.07, 6.45) is 7.68. The number of nitrogens with one attached hydrogen (secondary N) is 2. The molecule has 2 aliphatic rings. The van der Waals surface area contributed by atoms with E-state index in [0.717, 1.165) is 18.2 Å². The molecule has 0 spiro atoms. The number of anilines is 4. The molecule has 8 heteroatoms. The number of urea groups is 1. The molecule has 1 saturated heterocycles. The summed E-state index contributed by atoms with van der Waals surface area (Å²) in [6, 6.07) is 12.8. The van der Waals surface area contributed by atoms with Crippen LogP contribution in [0.1, 0.15) is 45.4 Å². The maximum absolute atomic E-state index is 12.7. The second-order valence-corrected chi connectivity index (χ2v) is 9.39. The third-order valence-electron chi connectivity index (χ3n) is 6.38. The zero-order valence-corrected chi connectivity index (χ0v) is 19.8. The van der Waals surface area contributed by atoms with E-state index in [4.69, 9.17) is 11.6 Å². The first kappa shape index (κ1) is 22.8. The van der Waals surface area contributed by atoms with Crippen LogP contribution in [0.25, 0.3) is 0 Å². The summed E-state index contributed by atoms with van der Waals surface area (Å²) in [7, 11) is 0. The molecule has 1 saturated carbocycles. The van der Waals surface area contributed by atoms with Crippen molar-refractivity contribution in [3.63, 3.8) is 0 Å². The number of carbonyl (C=O) groups excluding carboxylic acids is 2. The number of thiol groups is 1. The Bertz CT molecular complexity index is 982. The molecule has 0 aromatic heterocycles. The lowest BCUT2D eigenvalue weighted by Crippen LogP contribution is -2.47. The number of hydrogen-bond donors (Lipinski definition) is 3. The second-order valence-electron chi connectivity index (χ2n) is 8.58. The summed E-state index contributed by atoms with van der Waals surface area (Å²) >= 11 is 11.0. The number of hydrogen-bond acceptors (Lipinski definition) is 4. The highest BCUT2D eigenvalue weighted by molar-refractivity contribution is 7.82. The molecule has 0 bridgehead atoms. The summed E-state index contributed by atoms with van der Waals surface area (Å²) in [4.78, 5) is 26.3. The summed E-state index contributed by atoms with van der Waals surface area (Å²) < 4.78 is 1.22. The van der Waals surface area contributed by atoms with Crippen LogP contribution < -0.4 is 19.8 Å². The van der Waals surface area contributed by atoms with Gasteiger partial charge in [-0.1, -0.05) is 37.3 Å². The molecule has 6 nitrogen and oxygen atoms in total. The van der Waals surface area contributed by atoms with E-state index in [1.807, 2.05) is 18.2 Å². The molecule has 2 aromatic carbocycles. The Morgan fingerprint density at radius 3 is 2.41 bits per heavy atom. The fourth-order valence-corrected chi connectivity index (χ4v) is 5.40. The van der Waals surface area contributed by atoms with Crippen molar-refractivity contribution in [1.29, 1.82) is 0 Å². The zero-order chi connectivity index (χ0) is 22.7. The lowest BCUT2D eigenvalue weighted by Gasteiger charge is -2.45. The monoisotopic (exact) mass is 472 g/mol. The lowest BCUT2D eigenvalue weighted by atomic mass is 9.78. The van der Waals surface area contributed by atoms with Gasteiger partial charge >= 0.3 is 6.03 Å². The Morgan fingerprint density at radius 1 is 1.00 bits per heavy atom. The molecule has 0 radical (unpaired) electrons. The van der Waals surface area contributed by atoms with E-state index in [-0.39, 0.29) is 5.91 Å². The highest BCUT2D eigenvalue weighted by Gasteiger charge is 2.34. The Balaban J connectivity index is 1.42. The van der Waals surface area contributed by atoms with Crippen LogP contribution in [-0.2, 0) is 4.79 Å². The molecule has 32 heavy (non-hydrogen) atoms. The van der Waals surface area contributed by atoms with Gasteiger partial charge in [-0.3, -0.25) is 4.79 Å². The quantitative estimate of drug-likeness (QED) is 0.455. The Morgan fingerprint density at radius 2 is 1.69 bits per heavy atom. The van der Waals surface area contributed by atoms with Crippen molar-refractivity contribution in [2.24, 2.45) is 5.92 Å². The number of carbonyl (C=O) groups is 2. The van der Waals surface area contributed by atoms with Crippen molar-refractivity contribution in [2.45, 2.75) is 51.5 Å². The number of nitrogens with zero attached hydrogens (tertiary/aromatic N) is 2. The van der Waals surface area contributed by atoms with Crippen LogP contribution in [0.2, 0.25) is 5.02 Å². The normalized spacial score (nSPS) is 20.3. The number of halogens is 1. The highest BCUT2D eigenvalue weighted by Crippen LogP contribution is 2.40. The predicted octanol–water partition coefficient (Wildman–Crippen LogP) is 6.34. The van der Waals surface area contributed by atoms with E-state index in [1.54, 1.807) is 24.3 Å². The van der Waals surface area contributed by atoms with Gasteiger partial charge in [0.25, 0.3) is 0 Å². The maximum atomic E-state index is 12.7. The second kappa shape index (κ2) is 10.0. The Hall–Kier alpha value is -2.38. The number of piperidine rings is 1. The van der Waals surface area contributed by atoms with Gasteiger partial charge in [0.2, 0.25) is 5.91 Å². The lowest BCUT2D eigenvalue weighted by molar-refractivity contribution is -0.114. The molecule has 2 atom stereocenters. The Kier molecular flexibility index (Phi) is 7.16. The minimum atomic E-state index is -0.394. The summed E-state index contributed by atoms with van der Waals surface area (Å²) in [5, 5.41) is 6.20. The van der Waals surface area contributed by atoms with Crippen LogP contribution in [0.4, 0.5) is 27.5 Å². The predicted molar refractivity (Wildman–Crippen MR) is 135 cm³/mol. The molecule has 170 valence electrons. The van der Waals surface area contributed by atoms with Crippen LogP contribution in [0.3, 0.4) is 0 Å². The van der Waals surface area contributed by atoms with E-state index in [9.17, 15) is 9.59 Å². The van der Waals surface area contributed by atoms with E-state index in [2.05, 4.69) is 28.3 Å². The van der Waals surface area contributed by atoms with Crippen molar-refractivity contribution < 1.29 is 9.59 Å². The SMILES string of the molecule is CC(=O)Nc1ccc(N(S)C(=O)Nc2ccc(N3CCCC4CCCCC43)c(Cl)c2)cc1. The molecule has 1 aliphatic heterocycles. The van der Waals surface area contributed by atoms with Gasteiger partial charge in [0.1, 0.15) is 0 Å². The molecule has 1 aliphatic carbocycles. The van der Waals surface area contributed by atoms with Gasteiger partial charge in [-0.15, -0.1) is 0 Å². The van der Waals surface area contributed by atoms with Crippen LogP contribution in [0, 0.1) is 5.92 Å². The molecule has 3 amide bonds. The standard InChI is InChI=1S/C24H29ClN4O2S/c1-16(30)26-18-8-11-20(12-9-18)29(32)24(31)27-19-10-13-23(21(25)15-19)28-14-4-6-17-5-2-3-7-22(17)28/h8-13,15,17,22,32H,2-7,14H2,1H3,(H,26,30)(H,27,31). The van der Waals surface area contributed by atoms with Crippen molar-refractivity contribution in [3.05, 3.63) is 47.5 Å². The van der Waals surface area contributed by atoms with Gasteiger partial charge in [-0.05, 0) is 74.1 Å². The van der Waals surface area contributed by atoms with E-state index in [0.29, 0.717) is 28.1 Å². The molecule has 4 rings (SSSR count). The van der Waals surface area contributed by atoms with Gasteiger partial charge in [-0.25, -0.2) is 9.10 Å². The molecule has 1 heterocycles. The third-order valence-corrected chi connectivity index (χ3v) is 7.09. The molecule has 2 N–H and O–H groups in total. The van der Waals surface area contributed by atoms with E-state index in [1.165, 1.54) is 49.8 Å². The van der Waals surface area contributed by atoms with Gasteiger partial charge < -0.3 is 15.5 Å². The van der Waals surface area contributed by atoms with E-state index >= 15 is 0 Å². The van der Waals surface area contributed by atoms with Crippen molar-refractivity contribution in [3.8, 4) is 0 Å². The van der Waals surface area contributed by atoms with Gasteiger partial charge in [-0.2, -0.15) is 0 Å². The fourth-order valence-electron chi connectivity index (χ4n) is 4.92. The number of benzene rings is 2. The van der Waals surface area contributed by atoms with Crippen LogP contribution in [0.15, 0.2) is 42.5 Å². The number of fused-ring (bicyclic) bond motifs is 1. The first-order valence-electron chi connectivity index (χ1n) is 11.2. The third kappa shape index (κ3) is 5.15. The summed E-state index contributed by atoms with van der Waals surface area (Å²) in [5.41, 5.74) is 2.91. The first-order chi connectivity index (χ1) is 15.4.